The number of carbonyl (C=O) groups is 1. The summed E-state index contributed by atoms with van der Waals surface area (Å²) in [5.41, 5.74) is 1.85. The maximum absolute atomic E-state index is 11.2. The highest BCUT2D eigenvalue weighted by molar-refractivity contribution is 8.15. The van der Waals surface area contributed by atoms with Gasteiger partial charge in [-0.05, 0) is 19.4 Å². The highest BCUT2D eigenvalue weighted by Gasteiger charge is 2.25. The van der Waals surface area contributed by atoms with E-state index in [4.69, 9.17) is 0 Å². The molecule has 0 saturated carbocycles. The van der Waals surface area contributed by atoms with Gasteiger partial charge in [0.2, 0.25) is 5.91 Å². The molecule has 1 saturated heterocycles. The fourth-order valence-corrected chi connectivity index (χ4v) is 2.11. The summed E-state index contributed by atoms with van der Waals surface area (Å²) < 4.78 is 0. The number of nitrogens with one attached hydrogen (secondary N) is 1. The monoisotopic (exact) mass is 247 g/mol. The van der Waals surface area contributed by atoms with Crippen LogP contribution in [0.2, 0.25) is 0 Å². The zero-order valence-electron chi connectivity index (χ0n) is 9.68. The van der Waals surface area contributed by atoms with Crippen LogP contribution in [0, 0.1) is 0 Å². The predicted octanol–water partition coefficient (Wildman–Crippen LogP) is 2.02. The molecule has 1 aromatic carbocycles. The van der Waals surface area contributed by atoms with Crippen molar-refractivity contribution < 1.29 is 4.79 Å². The second kappa shape index (κ2) is 5.14. The van der Waals surface area contributed by atoms with E-state index in [0.29, 0.717) is 5.17 Å². The van der Waals surface area contributed by atoms with E-state index in [-0.39, 0.29) is 11.2 Å². The standard InChI is InChI=1S/C12H13N3OS/c1-8(10-6-4-3-5-7-10)14-15-12-13-11(16)9(2)17-12/h3-7,9H,1-2H3,(H,13,15,16)/t9-/m1/s1. The molecule has 4 nitrogen and oxygen atoms in total. The Morgan fingerprint density at radius 2 is 2.06 bits per heavy atom. The van der Waals surface area contributed by atoms with Crippen molar-refractivity contribution in [2.75, 3.05) is 0 Å². The van der Waals surface area contributed by atoms with Crippen molar-refractivity contribution in [3.63, 3.8) is 0 Å². The van der Waals surface area contributed by atoms with Gasteiger partial charge >= 0.3 is 0 Å². The number of hydrogen-bond acceptors (Lipinski definition) is 4. The molecule has 1 N–H and O–H groups in total. The quantitative estimate of drug-likeness (QED) is 0.642. The molecule has 0 aromatic heterocycles. The number of carbonyl (C=O) groups excluding carboxylic acids is 1. The number of rotatable bonds is 2. The lowest BCUT2D eigenvalue weighted by atomic mass is 10.1. The summed E-state index contributed by atoms with van der Waals surface area (Å²) in [5.74, 6) is -0.0127. The molecule has 1 amide bonds. The molecule has 88 valence electrons. The maximum Gasteiger partial charge on any atom is 0.239 e. The number of hydrogen-bond donors (Lipinski definition) is 1. The van der Waals surface area contributed by atoms with E-state index in [1.54, 1.807) is 0 Å². The van der Waals surface area contributed by atoms with Crippen molar-refractivity contribution in [1.29, 1.82) is 0 Å². The van der Waals surface area contributed by atoms with E-state index >= 15 is 0 Å². The van der Waals surface area contributed by atoms with E-state index in [0.717, 1.165) is 11.3 Å². The number of thioether (sulfide) groups is 1. The minimum atomic E-state index is -0.0824. The van der Waals surface area contributed by atoms with E-state index in [1.807, 2.05) is 44.2 Å². The van der Waals surface area contributed by atoms with Crippen LogP contribution in [0.25, 0.3) is 0 Å². The van der Waals surface area contributed by atoms with Crippen LogP contribution in [0.5, 0.6) is 0 Å². The van der Waals surface area contributed by atoms with Crippen molar-refractivity contribution >= 4 is 28.5 Å². The molecule has 0 spiro atoms. The van der Waals surface area contributed by atoms with Gasteiger partial charge in [-0.25, -0.2) is 0 Å². The molecule has 17 heavy (non-hydrogen) atoms. The van der Waals surface area contributed by atoms with Gasteiger partial charge in [-0.1, -0.05) is 42.1 Å². The number of amides is 1. The fraction of sp³-hybridized carbons (Fsp3) is 0.250. The van der Waals surface area contributed by atoms with E-state index < -0.39 is 0 Å². The van der Waals surface area contributed by atoms with Crippen LogP contribution >= 0.6 is 11.8 Å². The van der Waals surface area contributed by atoms with Gasteiger partial charge in [0.25, 0.3) is 0 Å². The molecule has 5 heteroatoms. The maximum atomic E-state index is 11.2. The highest BCUT2D eigenvalue weighted by Crippen LogP contribution is 2.18. The Balaban J connectivity index is 2.11. The van der Waals surface area contributed by atoms with Crippen LogP contribution in [0.4, 0.5) is 0 Å². The molecule has 2 rings (SSSR count). The molecule has 1 fully saturated rings. The number of amidine groups is 1. The molecule has 1 aromatic rings. The number of nitrogens with zero attached hydrogens (tertiary/aromatic N) is 2. The third-order valence-corrected chi connectivity index (χ3v) is 3.34. The molecular formula is C12H13N3OS. The van der Waals surface area contributed by atoms with Gasteiger partial charge in [0, 0.05) is 0 Å². The summed E-state index contributed by atoms with van der Waals surface area (Å²) in [6.45, 7) is 3.74. The van der Waals surface area contributed by atoms with E-state index in [2.05, 4.69) is 15.5 Å². The minimum Gasteiger partial charge on any atom is -0.303 e. The summed E-state index contributed by atoms with van der Waals surface area (Å²) >= 11 is 1.39. The third-order valence-electron chi connectivity index (χ3n) is 2.37. The van der Waals surface area contributed by atoms with Gasteiger partial charge < -0.3 is 5.32 Å². The van der Waals surface area contributed by atoms with Gasteiger partial charge in [0.05, 0.1) is 11.0 Å². The van der Waals surface area contributed by atoms with Crippen LogP contribution in [-0.4, -0.2) is 22.0 Å². The average molecular weight is 247 g/mol. The lowest BCUT2D eigenvalue weighted by molar-refractivity contribution is -0.118. The third kappa shape index (κ3) is 2.94. The topological polar surface area (TPSA) is 53.8 Å². The van der Waals surface area contributed by atoms with Crippen molar-refractivity contribution in [1.82, 2.24) is 5.32 Å². The Bertz CT molecular complexity index is 482. The van der Waals surface area contributed by atoms with Crippen molar-refractivity contribution in [2.24, 2.45) is 10.2 Å². The lowest BCUT2D eigenvalue weighted by Crippen LogP contribution is -2.23. The average Bonchev–Trinajstić information content (AvgIpc) is 2.67. The van der Waals surface area contributed by atoms with Gasteiger partial charge in [-0.2, -0.15) is 5.10 Å². The molecule has 0 radical (unpaired) electrons. The molecule has 1 heterocycles. The van der Waals surface area contributed by atoms with Crippen molar-refractivity contribution in [3.8, 4) is 0 Å². The molecule has 1 aliphatic heterocycles. The van der Waals surface area contributed by atoms with Gasteiger partial charge in [0.1, 0.15) is 0 Å². The van der Waals surface area contributed by atoms with Crippen molar-refractivity contribution in [2.45, 2.75) is 19.1 Å². The zero-order chi connectivity index (χ0) is 12.3. The Kier molecular flexibility index (Phi) is 3.58. The first kappa shape index (κ1) is 11.9. The zero-order valence-corrected chi connectivity index (χ0v) is 10.5. The summed E-state index contributed by atoms with van der Waals surface area (Å²) in [4.78, 5) is 11.2. The van der Waals surface area contributed by atoms with Crippen LogP contribution in [-0.2, 0) is 4.79 Å². The minimum absolute atomic E-state index is 0.0127. The summed E-state index contributed by atoms with van der Waals surface area (Å²) in [7, 11) is 0. The fourth-order valence-electron chi connectivity index (χ4n) is 1.36. The van der Waals surface area contributed by atoms with Crippen LogP contribution in [0.3, 0.4) is 0 Å². The number of benzene rings is 1. The molecular weight excluding hydrogens is 234 g/mol. The Morgan fingerprint density at radius 3 is 2.65 bits per heavy atom. The summed E-state index contributed by atoms with van der Waals surface area (Å²) in [6.07, 6.45) is 0. The van der Waals surface area contributed by atoms with Crippen molar-refractivity contribution in [3.05, 3.63) is 35.9 Å². The Morgan fingerprint density at radius 1 is 1.35 bits per heavy atom. The first-order chi connectivity index (χ1) is 8.16. The lowest BCUT2D eigenvalue weighted by Gasteiger charge is -1.97. The molecule has 1 aliphatic rings. The first-order valence-electron chi connectivity index (χ1n) is 5.32. The van der Waals surface area contributed by atoms with Gasteiger partial charge in [0.15, 0.2) is 5.17 Å². The van der Waals surface area contributed by atoms with E-state index in [1.165, 1.54) is 11.8 Å². The molecule has 0 unspecified atom stereocenters. The highest BCUT2D eigenvalue weighted by atomic mass is 32.2. The first-order valence-corrected chi connectivity index (χ1v) is 6.20. The Labute approximate surface area is 104 Å². The molecule has 0 bridgehead atoms. The smallest absolute Gasteiger partial charge is 0.239 e. The normalized spacial score (nSPS) is 22.9. The van der Waals surface area contributed by atoms with E-state index in [9.17, 15) is 4.79 Å². The predicted molar refractivity (Wildman–Crippen MR) is 71.3 cm³/mol. The summed E-state index contributed by atoms with van der Waals surface area (Å²) in [5, 5.41) is 11.3. The van der Waals surface area contributed by atoms with Gasteiger partial charge in [-0.15, -0.1) is 5.10 Å². The second-order valence-electron chi connectivity index (χ2n) is 3.71. The van der Waals surface area contributed by atoms with Gasteiger partial charge in [-0.3, -0.25) is 4.79 Å². The van der Waals surface area contributed by atoms with Crippen LogP contribution in [0.15, 0.2) is 40.5 Å². The largest absolute Gasteiger partial charge is 0.303 e. The van der Waals surface area contributed by atoms with Crippen LogP contribution < -0.4 is 5.32 Å². The SMILES string of the molecule is CC(=NN=C1NC(=O)[C@@H](C)S1)c1ccccc1. The molecule has 1 atom stereocenters. The second-order valence-corrected chi connectivity index (χ2v) is 5.04. The summed E-state index contributed by atoms with van der Waals surface area (Å²) in [6, 6.07) is 9.81. The Hall–Kier alpha value is -1.62. The molecule has 0 aliphatic carbocycles. The van der Waals surface area contributed by atoms with Crippen LogP contribution in [0.1, 0.15) is 19.4 Å².